The molecule has 0 heterocycles. The third-order valence-corrected chi connectivity index (χ3v) is 7.68. The van der Waals surface area contributed by atoms with Gasteiger partial charge in [0.25, 0.3) is 0 Å². The average molecular weight is 574 g/mol. The van der Waals surface area contributed by atoms with Crippen LogP contribution in [0.25, 0.3) is 11.1 Å². The number of ether oxygens (including phenoxy) is 3. The number of carbonyl (C=O) groups excluding carboxylic acids is 1. The summed E-state index contributed by atoms with van der Waals surface area (Å²) in [6.45, 7) is 11.0. The highest BCUT2D eigenvalue weighted by atomic mass is 16.5. The van der Waals surface area contributed by atoms with Crippen molar-refractivity contribution in [2.75, 3.05) is 32.8 Å². The number of rotatable bonds is 21. The lowest BCUT2D eigenvalue weighted by Crippen LogP contribution is -2.27. The van der Waals surface area contributed by atoms with Gasteiger partial charge >= 0.3 is 5.97 Å². The molecule has 5 heteroatoms. The van der Waals surface area contributed by atoms with Crippen molar-refractivity contribution in [1.29, 1.82) is 0 Å². The van der Waals surface area contributed by atoms with E-state index in [0.717, 1.165) is 48.7 Å². The van der Waals surface area contributed by atoms with E-state index in [9.17, 15) is 4.79 Å². The van der Waals surface area contributed by atoms with E-state index in [1.807, 2.05) is 60.7 Å². The molecule has 0 aliphatic rings. The highest BCUT2D eigenvalue weighted by Gasteiger charge is 2.10. The molecule has 3 aromatic carbocycles. The summed E-state index contributed by atoms with van der Waals surface area (Å²) in [5.41, 5.74) is 2.63. The molecule has 0 aliphatic carbocycles. The Bertz CT molecular complexity index is 1120. The van der Waals surface area contributed by atoms with Gasteiger partial charge in [0.1, 0.15) is 23.9 Å². The van der Waals surface area contributed by atoms with Crippen LogP contribution in [0.15, 0.2) is 72.8 Å². The van der Waals surface area contributed by atoms with Gasteiger partial charge in [0.05, 0.1) is 12.2 Å². The number of carbonyl (C=O) groups is 1. The van der Waals surface area contributed by atoms with Crippen LogP contribution in [0.5, 0.6) is 17.2 Å². The van der Waals surface area contributed by atoms with E-state index in [1.54, 1.807) is 12.1 Å². The number of esters is 1. The molecule has 42 heavy (non-hydrogen) atoms. The van der Waals surface area contributed by atoms with Gasteiger partial charge in [-0.2, -0.15) is 0 Å². The number of likely N-dealkylation sites (N-methyl/N-ethyl adjacent to an activating group) is 1. The van der Waals surface area contributed by atoms with Gasteiger partial charge in [-0.1, -0.05) is 103 Å². The molecule has 3 rings (SSSR count). The van der Waals surface area contributed by atoms with Gasteiger partial charge in [0.2, 0.25) is 0 Å². The molecule has 228 valence electrons. The minimum Gasteiger partial charge on any atom is -0.494 e. The molecule has 0 bridgehead atoms. The zero-order valence-corrected chi connectivity index (χ0v) is 26.1. The van der Waals surface area contributed by atoms with Crippen LogP contribution in [0.3, 0.4) is 0 Å². The zero-order chi connectivity index (χ0) is 29.8. The molecule has 0 atom stereocenters. The van der Waals surface area contributed by atoms with Crippen LogP contribution in [0.1, 0.15) is 95.3 Å². The van der Waals surface area contributed by atoms with E-state index in [-0.39, 0.29) is 5.97 Å². The van der Waals surface area contributed by atoms with Gasteiger partial charge < -0.3 is 19.1 Å². The van der Waals surface area contributed by atoms with Crippen molar-refractivity contribution < 1.29 is 19.0 Å². The molecule has 0 aromatic heterocycles. The van der Waals surface area contributed by atoms with Gasteiger partial charge in [-0.05, 0) is 79.2 Å². The molecule has 3 aromatic rings. The summed E-state index contributed by atoms with van der Waals surface area (Å²) in [4.78, 5) is 15.0. The van der Waals surface area contributed by atoms with Crippen molar-refractivity contribution in [2.24, 2.45) is 0 Å². The first-order valence-electron chi connectivity index (χ1n) is 16.1. The number of unbranched alkanes of at least 4 members (excludes halogenated alkanes) is 9. The maximum Gasteiger partial charge on any atom is 0.343 e. The largest absolute Gasteiger partial charge is 0.494 e. The number of nitrogens with zero attached hydrogens (tertiary/aromatic N) is 1. The summed E-state index contributed by atoms with van der Waals surface area (Å²) < 4.78 is 17.4. The minimum absolute atomic E-state index is 0.379. The Morgan fingerprint density at radius 1 is 0.548 bits per heavy atom. The van der Waals surface area contributed by atoms with Crippen molar-refractivity contribution in [1.82, 2.24) is 4.90 Å². The summed E-state index contributed by atoms with van der Waals surface area (Å²) in [5, 5.41) is 0. The van der Waals surface area contributed by atoms with Crippen LogP contribution in [-0.4, -0.2) is 43.7 Å². The standard InChI is InChI=1S/C37H51NO4/c1-4-7-8-9-10-11-12-13-14-15-29-40-34-24-20-33(21-25-34)37(39)42-36-26-18-32(19-27-36)31-16-22-35(23-17-31)41-30-28-38(5-2)6-3/h16-27H,4-15,28-30H2,1-3H3. The molecule has 0 spiro atoms. The molecule has 5 nitrogen and oxygen atoms in total. The molecule has 0 fully saturated rings. The molecule has 0 aliphatic heterocycles. The molecular weight excluding hydrogens is 522 g/mol. The normalized spacial score (nSPS) is 11.0. The van der Waals surface area contributed by atoms with E-state index in [1.165, 1.54) is 57.8 Å². The number of hydrogen-bond donors (Lipinski definition) is 0. The molecule has 0 N–H and O–H groups in total. The first-order valence-corrected chi connectivity index (χ1v) is 16.1. The Kier molecular flexibility index (Phi) is 15.6. The Balaban J connectivity index is 1.35. The van der Waals surface area contributed by atoms with Gasteiger partial charge in [0, 0.05) is 6.54 Å². The van der Waals surface area contributed by atoms with E-state index in [2.05, 4.69) is 25.7 Å². The van der Waals surface area contributed by atoms with Gasteiger partial charge in [-0.3, -0.25) is 0 Å². The number of hydrogen-bond acceptors (Lipinski definition) is 5. The van der Waals surface area contributed by atoms with Crippen LogP contribution in [0.4, 0.5) is 0 Å². The fourth-order valence-corrected chi connectivity index (χ4v) is 4.92. The molecule has 0 unspecified atom stereocenters. The van der Waals surface area contributed by atoms with Crippen LogP contribution >= 0.6 is 0 Å². The van der Waals surface area contributed by atoms with E-state index in [4.69, 9.17) is 14.2 Å². The highest BCUT2D eigenvalue weighted by Crippen LogP contribution is 2.25. The maximum atomic E-state index is 12.7. The third-order valence-electron chi connectivity index (χ3n) is 7.68. The Labute approximate surface area is 254 Å². The second-order valence-electron chi connectivity index (χ2n) is 10.9. The predicted molar refractivity (Wildman–Crippen MR) is 174 cm³/mol. The van der Waals surface area contributed by atoms with Crippen molar-refractivity contribution in [2.45, 2.75) is 85.0 Å². The van der Waals surface area contributed by atoms with Crippen molar-refractivity contribution in [3.8, 4) is 28.4 Å². The Morgan fingerprint density at radius 2 is 1.00 bits per heavy atom. The van der Waals surface area contributed by atoms with Crippen LogP contribution in [0, 0.1) is 0 Å². The summed E-state index contributed by atoms with van der Waals surface area (Å²) in [5.74, 6) is 1.79. The molecular formula is C37H51NO4. The first kappa shape index (κ1) is 33.2. The Hall–Kier alpha value is -3.31. The van der Waals surface area contributed by atoms with Crippen molar-refractivity contribution in [3.05, 3.63) is 78.4 Å². The number of benzene rings is 3. The van der Waals surface area contributed by atoms with E-state index in [0.29, 0.717) is 24.5 Å². The monoisotopic (exact) mass is 573 g/mol. The van der Waals surface area contributed by atoms with Crippen molar-refractivity contribution in [3.63, 3.8) is 0 Å². The smallest absolute Gasteiger partial charge is 0.343 e. The first-order chi connectivity index (χ1) is 20.6. The van der Waals surface area contributed by atoms with Gasteiger partial charge in [-0.15, -0.1) is 0 Å². The molecule has 0 saturated carbocycles. The quantitative estimate of drug-likeness (QED) is 0.0721. The lowest BCUT2D eigenvalue weighted by molar-refractivity contribution is 0.0734. The summed E-state index contributed by atoms with van der Waals surface area (Å²) in [6.07, 6.45) is 13.1. The zero-order valence-electron chi connectivity index (χ0n) is 26.1. The van der Waals surface area contributed by atoms with E-state index >= 15 is 0 Å². The maximum absolute atomic E-state index is 12.7. The minimum atomic E-state index is -0.379. The fraction of sp³-hybridized carbons (Fsp3) is 0.486. The van der Waals surface area contributed by atoms with Crippen LogP contribution in [0.2, 0.25) is 0 Å². The third kappa shape index (κ3) is 12.3. The van der Waals surface area contributed by atoms with Gasteiger partial charge in [0.15, 0.2) is 0 Å². The van der Waals surface area contributed by atoms with Crippen molar-refractivity contribution >= 4 is 5.97 Å². The molecule has 0 saturated heterocycles. The second-order valence-corrected chi connectivity index (χ2v) is 10.9. The fourth-order valence-electron chi connectivity index (χ4n) is 4.92. The van der Waals surface area contributed by atoms with Crippen LogP contribution < -0.4 is 14.2 Å². The van der Waals surface area contributed by atoms with Gasteiger partial charge in [-0.25, -0.2) is 4.79 Å². The molecule has 0 radical (unpaired) electrons. The highest BCUT2D eigenvalue weighted by molar-refractivity contribution is 5.91. The molecule has 0 amide bonds. The topological polar surface area (TPSA) is 48.0 Å². The summed E-state index contributed by atoms with van der Waals surface area (Å²) in [6, 6.07) is 22.9. The van der Waals surface area contributed by atoms with E-state index < -0.39 is 0 Å². The summed E-state index contributed by atoms with van der Waals surface area (Å²) in [7, 11) is 0. The Morgan fingerprint density at radius 3 is 1.52 bits per heavy atom. The average Bonchev–Trinajstić information content (AvgIpc) is 3.03. The lowest BCUT2D eigenvalue weighted by atomic mass is 10.1. The second kappa shape index (κ2) is 19.7. The summed E-state index contributed by atoms with van der Waals surface area (Å²) >= 11 is 0. The lowest BCUT2D eigenvalue weighted by Gasteiger charge is -2.18. The predicted octanol–water partition coefficient (Wildman–Crippen LogP) is 9.59. The van der Waals surface area contributed by atoms with Crippen LogP contribution in [-0.2, 0) is 0 Å². The SMILES string of the molecule is CCCCCCCCCCCCOc1ccc(C(=O)Oc2ccc(-c3ccc(OCCN(CC)CC)cc3)cc2)cc1.